The van der Waals surface area contributed by atoms with Gasteiger partial charge in [-0.15, -0.1) is 0 Å². The van der Waals surface area contributed by atoms with Gasteiger partial charge >= 0.3 is 5.69 Å². The summed E-state index contributed by atoms with van der Waals surface area (Å²) < 4.78 is 44.0. The van der Waals surface area contributed by atoms with Crippen LogP contribution in [0.4, 0.5) is 20.2 Å². The van der Waals surface area contributed by atoms with Crippen molar-refractivity contribution in [1.29, 1.82) is 0 Å². The van der Waals surface area contributed by atoms with Gasteiger partial charge in [0, 0.05) is 55.1 Å². The Kier molecular flexibility index (Phi) is 7.76. The van der Waals surface area contributed by atoms with E-state index in [2.05, 4.69) is 42.2 Å². The first-order valence-electron chi connectivity index (χ1n) is 14.8. The SMILES string of the molecule is O=c1[nH]n[14cH]n1-c1ccc(N2CCN(c3ccc(OC[C@@H]4CO[C@@](Cn5cncn5)(c5ccc(F)cc5F)C4)cc3)CC2)cc1. The molecule has 5 aromatic rings. The lowest BCUT2D eigenvalue weighted by Crippen LogP contribution is -2.46. The van der Waals surface area contributed by atoms with Crippen molar-refractivity contribution in [3.63, 3.8) is 0 Å². The molecule has 2 fully saturated rings. The van der Waals surface area contributed by atoms with E-state index in [1.807, 2.05) is 36.4 Å². The van der Waals surface area contributed by atoms with Crippen LogP contribution >= 0.6 is 0 Å². The molecule has 0 saturated carbocycles. The van der Waals surface area contributed by atoms with Gasteiger partial charge < -0.3 is 19.3 Å². The smallest absolute Gasteiger partial charge is 0.347 e. The number of nitrogens with zero attached hydrogens (tertiary/aromatic N) is 7. The molecule has 2 aliphatic rings. The molecule has 232 valence electrons. The fourth-order valence-corrected chi connectivity index (χ4v) is 6.23. The molecule has 2 atom stereocenters. The summed E-state index contributed by atoms with van der Waals surface area (Å²) in [5.41, 5.74) is 2.04. The minimum Gasteiger partial charge on any atom is -0.493 e. The Hall–Kier alpha value is -5.04. The zero-order valence-electron chi connectivity index (χ0n) is 24.4. The average molecular weight is 617 g/mol. The molecule has 1 N–H and O–H groups in total. The molecule has 2 aromatic heterocycles. The van der Waals surface area contributed by atoms with E-state index in [4.69, 9.17) is 9.47 Å². The van der Waals surface area contributed by atoms with Crippen LogP contribution in [0.2, 0.25) is 0 Å². The predicted molar refractivity (Wildman–Crippen MR) is 163 cm³/mol. The quantitative estimate of drug-likeness (QED) is 0.267. The second kappa shape index (κ2) is 12.2. The summed E-state index contributed by atoms with van der Waals surface area (Å²) in [7, 11) is 0. The van der Waals surface area contributed by atoms with E-state index in [-0.39, 0.29) is 18.2 Å². The number of hydrogen-bond acceptors (Lipinski definition) is 8. The Morgan fingerprint density at radius 2 is 1.64 bits per heavy atom. The highest BCUT2D eigenvalue weighted by atomic mass is 19.1. The van der Waals surface area contributed by atoms with Crippen LogP contribution in [0, 0.1) is 17.6 Å². The second-order valence-corrected chi connectivity index (χ2v) is 11.4. The van der Waals surface area contributed by atoms with Crippen molar-refractivity contribution in [3.05, 3.63) is 113 Å². The standard InChI is InChI=1S/C32H32F2N8O3/c33-24-1-10-29(30(34)15-24)32(19-41-21-35-20-37-41)16-23(18-45-32)17-44-28-8-6-26(7-9-28)40-13-11-39(12-14-40)25-2-4-27(5-3-25)42-22-36-38-31(42)43/h1-10,15,20-23H,11-14,16-19H2,(H,38,43)/t23-,32+/m1/s1/i22+2. The van der Waals surface area contributed by atoms with Crippen molar-refractivity contribution in [2.75, 3.05) is 49.2 Å². The summed E-state index contributed by atoms with van der Waals surface area (Å²) in [6.07, 6.45) is 4.94. The number of H-pyrrole nitrogens is 1. The van der Waals surface area contributed by atoms with Crippen molar-refractivity contribution < 1.29 is 18.3 Å². The van der Waals surface area contributed by atoms with E-state index in [1.165, 1.54) is 29.4 Å². The third-order valence-corrected chi connectivity index (χ3v) is 8.53. The van der Waals surface area contributed by atoms with Crippen LogP contribution < -0.4 is 20.2 Å². The van der Waals surface area contributed by atoms with Crippen LogP contribution in [0.25, 0.3) is 5.69 Å². The molecule has 13 heteroatoms. The number of benzene rings is 3. The van der Waals surface area contributed by atoms with Gasteiger partial charge in [-0.25, -0.2) is 32.9 Å². The summed E-state index contributed by atoms with van der Waals surface area (Å²) >= 11 is 0. The number of piperazine rings is 1. The molecule has 0 amide bonds. The zero-order chi connectivity index (χ0) is 30.8. The normalized spacial score (nSPS) is 20.1. The van der Waals surface area contributed by atoms with E-state index in [1.54, 1.807) is 11.0 Å². The topological polar surface area (TPSA) is 106 Å². The Morgan fingerprint density at radius 3 is 2.27 bits per heavy atom. The fourth-order valence-electron chi connectivity index (χ4n) is 6.23. The van der Waals surface area contributed by atoms with Gasteiger partial charge in [-0.1, -0.05) is 6.07 Å². The number of rotatable bonds is 9. The van der Waals surface area contributed by atoms with Crippen molar-refractivity contribution >= 4 is 11.4 Å². The molecule has 11 nitrogen and oxygen atoms in total. The third kappa shape index (κ3) is 6.03. The number of ether oxygens (including phenoxy) is 2. The zero-order valence-corrected chi connectivity index (χ0v) is 24.4. The first-order valence-corrected chi connectivity index (χ1v) is 14.8. The van der Waals surface area contributed by atoms with Gasteiger partial charge in [0.2, 0.25) is 0 Å². The first kappa shape index (κ1) is 28.7. The van der Waals surface area contributed by atoms with Crippen LogP contribution in [0.3, 0.4) is 0 Å². The third-order valence-electron chi connectivity index (χ3n) is 8.53. The number of halogens is 2. The highest BCUT2D eigenvalue weighted by Gasteiger charge is 2.44. The summed E-state index contributed by atoms with van der Waals surface area (Å²) in [6.45, 7) is 4.51. The molecule has 3 aromatic carbocycles. The van der Waals surface area contributed by atoms with Gasteiger partial charge in [0.1, 0.15) is 42.0 Å². The molecule has 45 heavy (non-hydrogen) atoms. The maximum atomic E-state index is 14.9. The van der Waals surface area contributed by atoms with Crippen LogP contribution in [-0.4, -0.2) is 68.9 Å². The molecule has 0 unspecified atom stereocenters. The summed E-state index contributed by atoms with van der Waals surface area (Å²) in [6, 6.07) is 19.6. The number of nitrogens with one attached hydrogen (secondary N) is 1. The van der Waals surface area contributed by atoms with Gasteiger partial charge in [-0.3, -0.25) is 0 Å². The van der Waals surface area contributed by atoms with Crippen molar-refractivity contribution in [2.24, 2.45) is 5.92 Å². The molecule has 2 saturated heterocycles. The van der Waals surface area contributed by atoms with E-state index in [0.717, 1.165) is 55.1 Å². The largest absolute Gasteiger partial charge is 0.493 e. The Labute approximate surface area is 257 Å². The van der Waals surface area contributed by atoms with Crippen LogP contribution in [-0.2, 0) is 16.9 Å². The molecule has 4 heterocycles. The lowest BCUT2D eigenvalue weighted by Gasteiger charge is -2.37. The Balaban J connectivity index is 0.936. The maximum absolute atomic E-state index is 14.9. The lowest BCUT2D eigenvalue weighted by atomic mass is 9.87. The summed E-state index contributed by atoms with van der Waals surface area (Å²) in [5, 5.41) is 10.4. The van der Waals surface area contributed by atoms with Gasteiger partial charge in [-0.2, -0.15) is 10.2 Å². The van der Waals surface area contributed by atoms with E-state index in [9.17, 15) is 13.6 Å². The lowest BCUT2D eigenvalue weighted by molar-refractivity contribution is -0.0206. The number of aromatic amines is 1. The Morgan fingerprint density at radius 1 is 0.956 bits per heavy atom. The Bertz CT molecular complexity index is 1780. The van der Waals surface area contributed by atoms with E-state index >= 15 is 0 Å². The maximum Gasteiger partial charge on any atom is 0.347 e. The average Bonchev–Trinajstić information content (AvgIpc) is 3.83. The van der Waals surface area contributed by atoms with Gasteiger partial charge in [0.15, 0.2) is 0 Å². The molecule has 0 spiro atoms. The fraction of sp³-hybridized carbons (Fsp3) is 0.312. The molecular formula is C32H32F2N8O3. The number of anilines is 2. The van der Waals surface area contributed by atoms with Crippen molar-refractivity contribution in [1.82, 2.24) is 29.5 Å². The predicted octanol–water partition coefficient (Wildman–Crippen LogP) is 3.77. The summed E-state index contributed by atoms with van der Waals surface area (Å²) in [5.74, 6) is -0.530. The second-order valence-electron chi connectivity index (χ2n) is 11.4. The van der Waals surface area contributed by atoms with Crippen LogP contribution in [0.5, 0.6) is 5.75 Å². The number of hydrogen-bond donors (Lipinski definition) is 1. The molecular weight excluding hydrogens is 584 g/mol. The minimum atomic E-state index is -1.01. The van der Waals surface area contributed by atoms with Gasteiger partial charge in [0.25, 0.3) is 0 Å². The van der Waals surface area contributed by atoms with Crippen molar-refractivity contribution in [3.8, 4) is 11.4 Å². The van der Waals surface area contributed by atoms with E-state index in [0.29, 0.717) is 25.2 Å². The minimum absolute atomic E-state index is 0.000400. The number of aromatic nitrogens is 6. The highest BCUT2D eigenvalue weighted by Crippen LogP contribution is 2.42. The van der Waals surface area contributed by atoms with E-state index < -0.39 is 17.2 Å². The summed E-state index contributed by atoms with van der Waals surface area (Å²) in [4.78, 5) is 20.5. The molecule has 0 radical (unpaired) electrons. The van der Waals surface area contributed by atoms with Crippen LogP contribution in [0.15, 0.2) is 90.5 Å². The van der Waals surface area contributed by atoms with Gasteiger partial charge in [0.05, 0.1) is 25.4 Å². The highest BCUT2D eigenvalue weighted by molar-refractivity contribution is 5.54. The monoisotopic (exact) mass is 616 g/mol. The molecule has 0 aliphatic carbocycles. The molecule has 2 aliphatic heterocycles. The molecule has 0 bridgehead atoms. The van der Waals surface area contributed by atoms with Crippen molar-refractivity contribution in [2.45, 2.75) is 18.6 Å². The molecule has 7 rings (SSSR count). The van der Waals surface area contributed by atoms with Crippen LogP contribution in [0.1, 0.15) is 12.0 Å². The first-order chi connectivity index (χ1) is 22.0. The van der Waals surface area contributed by atoms with Gasteiger partial charge in [-0.05, 0) is 61.0 Å².